The number of benzene rings is 2. The molecule has 0 N–H and O–H groups in total. The molecule has 0 fully saturated rings. The molecule has 406 valence electrons. The maximum absolute atomic E-state index is 6.16. The largest absolute Gasteiger partial charge is 0.492 e. The van der Waals surface area contributed by atoms with Crippen molar-refractivity contribution in [1.82, 2.24) is 0 Å². The topological polar surface area (TPSA) is 18.5 Å². The van der Waals surface area contributed by atoms with Crippen LogP contribution >= 0.6 is 0 Å². The second-order valence-electron chi connectivity index (χ2n) is 23.3. The zero-order valence-corrected chi connectivity index (χ0v) is 48.7. The van der Waals surface area contributed by atoms with E-state index < -0.39 is 0 Å². The minimum Gasteiger partial charge on any atom is -0.492 e. The maximum Gasteiger partial charge on any atom is 0.134 e. The van der Waals surface area contributed by atoms with Crippen LogP contribution in [-0.2, 0) is 10.8 Å². The van der Waals surface area contributed by atoms with Crippen molar-refractivity contribution in [3.05, 3.63) is 58.7 Å². The number of ether oxygens (including phenoxy) is 2. The first kappa shape index (κ1) is 65.5. The van der Waals surface area contributed by atoms with Gasteiger partial charge in [0.25, 0.3) is 0 Å². The Morgan fingerprint density at radius 1 is 0.297 bits per heavy atom. The minimum absolute atomic E-state index is 0.0524. The molecule has 0 radical (unpaired) electrons. The molecule has 2 aromatic carbocycles. The quantitative estimate of drug-likeness (QED) is 0.0487. The van der Waals surface area contributed by atoms with E-state index in [-0.39, 0.29) is 10.8 Å². The molecule has 2 heteroatoms. The van der Waals surface area contributed by atoms with Crippen LogP contribution in [0.5, 0.6) is 11.5 Å². The first-order valence-electron chi connectivity index (χ1n) is 30.5. The average Bonchev–Trinajstić information content (AvgIpc) is 3.38. The SMILES string of the molecule is C#CC#CC#Cc1cc(C(C)(C)C)ccc1OCCCCCCCCCCCCCCCCCCCCCCCCCCCCCCCCCCCCCCCCOc1ccc(C(C)(C)C)cc1C#CC#CC#C. The first-order chi connectivity index (χ1) is 36.1. The van der Waals surface area contributed by atoms with Gasteiger partial charge in [-0.1, -0.05) is 285 Å². The fraction of sp³-hybridized carbons (Fsp3) is 0.667. The summed E-state index contributed by atoms with van der Waals surface area (Å²) < 4.78 is 12.3. The minimum atomic E-state index is 0.0524. The highest BCUT2D eigenvalue weighted by molar-refractivity contribution is 5.53. The fourth-order valence-electron chi connectivity index (χ4n) is 9.70. The summed E-state index contributed by atoms with van der Waals surface area (Å²) in [4.78, 5) is 0. The van der Waals surface area contributed by atoms with Crippen LogP contribution in [0, 0.1) is 72.1 Å². The van der Waals surface area contributed by atoms with Gasteiger partial charge in [0.2, 0.25) is 0 Å². The van der Waals surface area contributed by atoms with Crippen molar-refractivity contribution < 1.29 is 9.47 Å². The van der Waals surface area contributed by atoms with Crippen LogP contribution in [0.1, 0.15) is 308 Å². The molecule has 0 aliphatic carbocycles. The van der Waals surface area contributed by atoms with Gasteiger partial charge in [0.05, 0.1) is 24.3 Å². The third kappa shape index (κ3) is 36.4. The Morgan fingerprint density at radius 2 is 0.514 bits per heavy atom. The van der Waals surface area contributed by atoms with E-state index in [1.165, 1.54) is 242 Å². The summed E-state index contributed by atoms with van der Waals surface area (Å²) in [6.07, 6.45) is 63.5. The van der Waals surface area contributed by atoms with Crippen LogP contribution in [0.2, 0.25) is 0 Å². The zero-order chi connectivity index (χ0) is 53.5. The number of unbranched alkanes of at least 4 members (excludes halogenated alkanes) is 37. The summed E-state index contributed by atoms with van der Waals surface area (Å²) in [6.45, 7) is 14.7. The maximum atomic E-state index is 6.16. The lowest BCUT2D eigenvalue weighted by Gasteiger charge is -2.20. The summed E-state index contributed by atoms with van der Waals surface area (Å²) in [6, 6.07) is 12.7. The monoisotopic (exact) mass is 1000 g/mol. The number of hydrogen-bond donors (Lipinski definition) is 0. The van der Waals surface area contributed by atoms with Crippen LogP contribution in [0.4, 0.5) is 0 Å². The van der Waals surface area contributed by atoms with E-state index >= 15 is 0 Å². The molecule has 0 saturated carbocycles. The Hall–Kier alpha value is -4.60. The highest BCUT2D eigenvalue weighted by atomic mass is 16.5. The molecule has 0 aliphatic rings. The molecule has 2 rings (SSSR count). The van der Waals surface area contributed by atoms with E-state index in [0.29, 0.717) is 0 Å². The van der Waals surface area contributed by atoms with Gasteiger partial charge in [0.1, 0.15) is 11.5 Å². The molecule has 2 nitrogen and oxygen atoms in total. The Morgan fingerprint density at radius 3 is 0.716 bits per heavy atom. The van der Waals surface area contributed by atoms with Gasteiger partial charge in [0.15, 0.2) is 0 Å². The summed E-state index contributed by atoms with van der Waals surface area (Å²) in [5.74, 6) is 28.9. The van der Waals surface area contributed by atoms with Gasteiger partial charge in [-0.25, -0.2) is 0 Å². The van der Waals surface area contributed by atoms with Crippen molar-refractivity contribution in [2.75, 3.05) is 13.2 Å². The van der Waals surface area contributed by atoms with E-state index in [1.54, 1.807) is 0 Å². The third-order valence-corrected chi connectivity index (χ3v) is 14.5. The number of rotatable bonds is 43. The molecule has 0 aliphatic heterocycles. The molecule has 0 bridgehead atoms. The van der Waals surface area contributed by atoms with E-state index in [4.69, 9.17) is 22.3 Å². The Kier molecular flexibility index (Phi) is 39.5. The summed E-state index contributed by atoms with van der Waals surface area (Å²) in [7, 11) is 0. The molecule has 0 atom stereocenters. The highest BCUT2D eigenvalue weighted by Crippen LogP contribution is 2.30. The van der Waals surface area contributed by atoms with Crippen molar-refractivity contribution in [2.45, 2.75) is 296 Å². The molecule has 0 spiro atoms. The predicted octanol–water partition coefficient (Wildman–Crippen LogP) is 20.5. The van der Waals surface area contributed by atoms with Crippen LogP contribution in [0.3, 0.4) is 0 Å². The zero-order valence-electron chi connectivity index (χ0n) is 48.7. The van der Waals surface area contributed by atoms with Crippen molar-refractivity contribution in [1.29, 1.82) is 0 Å². The first-order valence-corrected chi connectivity index (χ1v) is 30.5. The van der Waals surface area contributed by atoms with Crippen molar-refractivity contribution >= 4 is 0 Å². The smallest absolute Gasteiger partial charge is 0.134 e. The lowest BCUT2D eigenvalue weighted by atomic mass is 9.86. The third-order valence-electron chi connectivity index (χ3n) is 14.5. The summed E-state index contributed by atoms with van der Waals surface area (Å²) in [5, 5.41) is 0. The van der Waals surface area contributed by atoms with E-state index in [9.17, 15) is 0 Å². The molecule has 0 heterocycles. The average molecular weight is 1000 g/mol. The lowest BCUT2D eigenvalue weighted by molar-refractivity contribution is 0.303. The Balaban J connectivity index is 1.24. The molecule has 74 heavy (non-hydrogen) atoms. The normalized spacial score (nSPS) is 10.9. The van der Waals surface area contributed by atoms with Crippen molar-refractivity contribution in [2.24, 2.45) is 0 Å². The van der Waals surface area contributed by atoms with Crippen LogP contribution < -0.4 is 9.47 Å². The molecular weight excluding hydrogens is 897 g/mol. The molecule has 0 unspecified atom stereocenters. The van der Waals surface area contributed by atoms with Crippen LogP contribution in [0.15, 0.2) is 36.4 Å². The summed E-state index contributed by atoms with van der Waals surface area (Å²) >= 11 is 0. The van der Waals surface area contributed by atoms with E-state index in [1.807, 2.05) is 0 Å². The molecule has 0 saturated heterocycles. The van der Waals surface area contributed by atoms with Crippen molar-refractivity contribution in [3.8, 4) is 83.6 Å². The van der Waals surface area contributed by atoms with Gasteiger partial charge in [-0.05, 0) is 118 Å². The van der Waals surface area contributed by atoms with Crippen LogP contribution in [-0.4, -0.2) is 13.2 Å². The fourth-order valence-corrected chi connectivity index (χ4v) is 9.70. The van der Waals surface area contributed by atoms with Gasteiger partial charge in [-0.3, -0.25) is 0 Å². The second kappa shape index (κ2) is 44.7. The number of terminal acetylenes is 2. The highest BCUT2D eigenvalue weighted by Gasteiger charge is 2.17. The predicted molar refractivity (Wildman–Crippen MR) is 324 cm³/mol. The summed E-state index contributed by atoms with van der Waals surface area (Å²) in [5.41, 5.74) is 4.36. The Labute approximate surface area is 459 Å². The van der Waals surface area contributed by atoms with E-state index in [2.05, 4.69) is 137 Å². The number of hydrogen-bond acceptors (Lipinski definition) is 2. The molecule has 0 aromatic heterocycles. The van der Waals surface area contributed by atoms with Crippen molar-refractivity contribution in [3.63, 3.8) is 0 Å². The van der Waals surface area contributed by atoms with Gasteiger partial charge >= 0.3 is 0 Å². The Bertz CT molecular complexity index is 1930. The van der Waals surface area contributed by atoms with Gasteiger partial charge in [-0.2, -0.15) is 0 Å². The standard InChI is InChI=1S/C72H106O2/c1-9-11-13-51-55-65-63-67(71(3,4)5)57-59-69(65)73-61-53-49-47-45-43-41-39-37-35-33-31-29-27-25-23-21-19-17-15-16-18-20-22-24-26-28-30-32-34-36-38-40-42-44-46-48-50-54-62-74-70-60-58-68(72(6,7)8)64-66(70)56-52-14-12-10-2/h1-2,57-60,63-64H,15-50,53-54,61-62H2,3-8H3. The molecule has 2 aromatic rings. The van der Waals surface area contributed by atoms with Crippen LogP contribution in [0.25, 0.3) is 0 Å². The lowest BCUT2D eigenvalue weighted by Crippen LogP contribution is -2.11. The van der Waals surface area contributed by atoms with E-state index in [0.717, 1.165) is 48.7 Å². The molecular formula is C72H106O2. The molecule has 0 amide bonds. The van der Waals surface area contributed by atoms with Gasteiger partial charge < -0.3 is 9.47 Å². The second-order valence-corrected chi connectivity index (χ2v) is 23.3. The van der Waals surface area contributed by atoms with Gasteiger partial charge in [0, 0.05) is 0 Å². The van der Waals surface area contributed by atoms with Gasteiger partial charge in [-0.15, -0.1) is 12.8 Å².